The molecule has 0 aromatic heterocycles. The van der Waals surface area contributed by atoms with Crippen LogP contribution < -0.4 is 22.1 Å². The molecule has 0 atom stereocenters. The van der Waals surface area contributed by atoms with E-state index in [9.17, 15) is 9.59 Å². The molecule has 3 rings (SSSR count). The second kappa shape index (κ2) is 10.0. The first-order chi connectivity index (χ1) is 14.3. The quantitative estimate of drug-likeness (QED) is 0.259. The number of rotatable bonds is 6. The summed E-state index contributed by atoms with van der Waals surface area (Å²) in [6, 6.07) is 19.6. The number of nitrogens with two attached hydrogens (primary N) is 2. The Kier molecular flexibility index (Phi) is 7.48. The van der Waals surface area contributed by atoms with E-state index in [1.54, 1.807) is 66.7 Å². The smallest absolute Gasteiger partial charge is 0.255 e. The Morgan fingerprint density at radius 3 is 1.35 bits per heavy atom. The number of amides is 2. The fraction of sp³-hybridized carbons (Fsp3) is 0. The molecular weight excluding hydrogens is 416 g/mol. The second-order valence-corrected chi connectivity index (χ2v) is 6.48. The zero-order valence-corrected chi connectivity index (χ0v) is 17.1. The third-order valence-electron chi connectivity index (χ3n) is 4.25. The summed E-state index contributed by atoms with van der Waals surface area (Å²) in [6.07, 6.45) is 0. The molecular formula is C22H21ClN6O2. The zero-order valence-electron chi connectivity index (χ0n) is 16.3. The average molecular weight is 437 g/mol. The fourth-order valence-electron chi connectivity index (χ4n) is 2.74. The van der Waals surface area contributed by atoms with Crippen LogP contribution in [0.15, 0.2) is 72.8 Å². The van der Waals surface area contributed by atoms with Crippen LogP contribution in [0.25, 0.3) is 0 Å². The first-order valence-corrected chi connectivity index (χ1v) is 8.95. The number of nitrogens with one attached hydrogen (secondary N) is 4. The highest BCUT2D eigenvalue weighted by atomic mass is 35.5. The summed E-state index contributed by atoms with van der Waals surface area (Å²) >= 11 is 0. The van der Waals surface area contributed by atoms with Crippen molar-refractivity contribution in [3.8, 4) is 0 Å². The molecule has 8 N–H and O–H groups in total. The maximum Gasteiger partial charge on any atom is 0.255 e. The molecule has 9 heteroatoms. The maximum absolute atomic E-state index is 12.6. The summed E-state index contributed by atoms with van der Waals surface area (Å²) in [6.45, 7) is 0. The topological polar surface area (TPSA) is 158 Å². The Labute approximate surface area is 185 Å². The van der Waals surface area contributed by atoms with Gasteiger partial charge in [-0.25, -0.2) is 0 Å². The predicted octanol–water partition coefficient (Wildman–Crippen LogP) is 3.18. The van der Waals surface area contributed by atoms with Crippen LogP contribution in [0.3, 0.4) is 0 Å². The van der Waals surface area contributed by atoms with Gasteiger partial charge in [0.15, 0.2) is 0 Å². The molecule has 0 aliphatic carbocycles. The molecule has 0 aliphatic rings. The summed E-state index contributed by atoms with van der Waals surface area (Å²) < 4.78 is 0. The van der Waals surface area contributed by atoms with Crippen LogP contribution in [0.4, 0.5) is 11.4 Å². The molecule has 0 heterocycles. The molecule has 3 aromatic carbocycles. The van der Waals surface area contributed by atoms with E-state index in [1.165, 1.54) is 6.07 Å². The number of benzene rings is 3. The van der Waals surface area contributed by atoms with Gasteiger partial charge in [-0.3, -0.25) is 20.4 Å². The average Bonchev–Trinajstić information content (AvgIpc) is 2.74. The summed E-state index contributed by atoms with van der Waals surface area (Å²) in [5, 5.41) is 20.4. The van der Waals surface area contributed by atoms with Gasteiger partial charge >= 0.3 is 0 Å². The number of carbonyl (C=O) groups is 2. The van der Waals surface area contributed by atoms with Crippen molar-refractivity contribution in [1.82, 2.24) is 0 Å². The van der Waals surface area contributed by atoms with E-state index in [4.69, 9.17) is 22.3 Å². The van der Waals surface area contributed by atoms with Gasteiger partial charge in [-0.05, 0) is 42.5 Å². The number of hydrogen-bond donors (Lipinski definition) is 6. The van der Waals surface area contributed by atoms with Gasteiger partial charge in [0.25, 0.3) is 11.8 Å². The lowest BCUT2D eigenvalue weighted by atomic mass is 10.1. The lowest BCUT2D eigenvalue weighted by Crippen LogP contribution is -2.17. The highest BCUT2D eigenvalue weighted by Gasteiger charge is 2.12. The third kappa shape index (κ3) is 5.91. The summed E-state index contributed by atoms with van der Waals surface area (Å²) in [5.41, 5.74) is 13.5. The number of nitrogen functional groups attached to an aromatic ring is 2. The minimum Gasteiger partial charge on any atom is -0.384 e. The van der Waals surface area contributed by atoms with Crippen molar-refractivity contribution < 1.29 is 9.59 Å². The van der Waals surface area contributed by atoms with Crippen molar-refractivity contribution in [3.05, 3.63) is 95.1 Å². The van der Waals surface area contributed by atoms with Crippen LogP contribution >= 0.6 is 12.4 Å². The number of halogens is 1. The molecule has 2 amide bonds. The minimum atomic E-state index is -0.399. The minimum absolute atomic E-state index is 0. The summed E-state index contributed by atoms with van der Waals surface area (Å²) in [4.78, 5) is 25.2. The highest BCUT2D eigenvalue weighted by molar-refractivity contribution is 6.09. The van der Waals surface area contributed by atoms with Crippen molar-refractivity contribution >= 4 is 47.3 Å². The summed E-state index contributed by atoms with van der Waals surface area (Å²) in [7, 11) is 0. The third-order valence-corrected chi connectivity index (χ3v) is 4.25. The Morgan fingerprint density at radius 1 is 0.613 bits per heavy atom. The largest absolute Gasteiger partial charge is 0.384 e. The number of carbonyl (C=O) groups excluding carboxylic acids is 2. The van der Waals surface area contributed by atoms with Crippen molar-refractivity contribution in [3.63, 3.8) is 0 Å². The van der Waals surface area contributed by atoms with Crippen molar-refractivity contribution in [2.24, 2.45) is 11.5 Å². The molecule has 0 fully saturated rings. The number of hydrogen-bond acceptors (Lipinski definition) is 4. The standard InChI is InChI=1S/C22H20N6O2.ClH/c23-19(24)13-4-2-8-17(11-13)27-21(29)15-6-1-7-16(10-15)22(30)28-18-9-3-5-14(12-18)20(25)26;/h1-12H,(H3,23,24)(H3,25,26)(H,27,29)(H,28,30);1H. The fourth-order valence-corrected chi connectivity index (χ4v) is 2.74. The lowest BCUT2D eigenvalue weighted by Gasteiger charge is -2.09. The number of anilines is 2. The molecule has 0 aliphatic heterocycles. The molecule has 0 spiro atoms. The first-order valence-electron chi connectivity index (χ1n) is 8.95. The molecule has 158 valence electrons. The van der Waals surface area contributed by atoms with Crippen molar-refractivity contribution in [2.75, 3.05) is 10.6 Å². The number of amidine groups is 2. The van der Waals surface area contributed by atoms with Gasteiger partial charge in [-0.15, -0.1) is 12.4 Å². The predicted molar refractivity (Wildman–Crippen MR) is 125 cm³/mol. The van der Waals surface area contributed by atoms with Crippen molar-refractivity contribution in [1.29, 1.82) is 10.8 Å². The lowest BCUT2D eigenvalue weighted by molar-refractivity contribution is 0.102. The van der Waals surface area contributed by atoms with E-state index in [0.29, 0.717) is 33.6 Å². The van der Waals surface area contributed by atoms with Crippen LogP contribution in [0.1, 0.15) is 31.8 Å². The van der Waals surface area contributed by atoms with E-state index in [-0.39, 0.29) is 24.1 Å². The van der Waals surface area contributed by atoms with Crippen LogP contribution in [0, 0.1) is 10.8 Å². The molecule has 8 nitrogen and oxygen atoms in total. The molecule has 31 heavy (non-hydrogen) atoms. The zero-order chi connectivity index (χ0) is 21.7. The van der Waals surface area contributed by atoms with Crippen LogP contribution in [-0.4, -0.2) is 23.5 Å². The van der Waals surface area contributed by atoms with E-state index >= 15 is 0 Å². The monoisotopic (exact) mass is 436 g/mol. The van der Waals surface area contributed by atoms with Crippen molar-refractivity contribution in [2.45, 2.75) is 0 Å². The van der Waals surface area contributed by atoms with Gasteiger partial charge < -0.3 is 22.1 Å². The molecule has 0 radical (unpaired) electrons. The van der Waals surface area contributed by atoms with Gasteiger partial charge in [0.1, 0.15) is 11.7 Å². The van der Waals surface area contributed by atoms with E-state index in [0.717, 1.165) is 0 Å². The Hall–Kier alpha value is -4.17. The Balaban J connectivity index is 0.00000341. The van der Waals surface area contributed by atoms with E-state index < -0.39 is 11.8 Å². The van der Waals surface area contributed by atoms with Crippen LogP contribution in [-0.2, 0) is 0 Å². The highest BCUT2D eigenvalue weighted by Crippen LogP contribution is 2.15. The van der Waals surface area contributed by atoms with Gasteiger partial charge in [-0.1, -0.05) is 30.3 Å². The Morgan fingerprint density at radius 2 is 0.968 bits per heavy atom. The maximum atomic E-state index is 12.6. The molecule has 0 saturated carbocycles. The second-order valence-electron chi connectivity index (χ2n) is 6.48. The van der Waals surface area contributed by atoms with E-state index in [2.05, 4.69) is 10.6 Å². The van der Waals surface area contributed by atoms with Crippen LogP contribution in [0.2, 0.25) is 0 Å². The molecule has 3 aromatic rings. The van der Waals surface area contributed by atoms with Gasteiger partial charge in [0.2, 0.25) is 0 Å². The normalized spacial score (nSPS) is 9.81. The summed E-state index contributed by atoms with van der Waals surface area (Å²) in [5.74, 6) is -0.995. The molecule has 0 saturated heterocycles. The van der Waals surface area contributed by atoms with E-state index in [1.807, 2.05) is 0 Å². The molecule has 0 unspecified atom stereocenters. The Bertz CT molecular complexity index is 1080. The first kappa shape index (κ1) is 23.1. The SMILES string of the molecule is Cl.N=C(N)c1cccc(NC(=O)c2cccc(C(=O)Nc3cccc(C(=N)N)c3)c2)c1. The van der Waals surface area contributed by atoms with Gasteiger partial charge in [-0.2, -0.15) is 0 Å². The molecule has 0 bridgehead atoms. The van der Waals surface area contributed by atoms with Gasteiger partial charge in [0, 0.05) is 33.6 Å². The van der Waals surface area contributed by atoms with Gasteiger partial charge in [0.05, 0.1) is 0 Å². The van der Waals surface area contributed by atoms with Crippen LogP contribution in [0.5, 0.6) is 0 Å².